The molecule has 1 aliphatic rings. The van der Waals surface area contributed by atoms with Crippen molar-refractivity contribution in [1.82, 2.24) is 14.7 Å². The maximum atomic E-state index is 12.8. The number of thiophene rings is 1. The van der Waals surface area contributed by atoms with Gasteiger partial charge in [-0.1, -0.05) is 48.5 Å². The van der Waals surface area contributed by atoms with Crippen molar-refractivity contribution in [2.75, 3.05) is 6.54 Å². The summed E-state index contributed by atoms with van der Waals surface area (Å²) in [7, 11) is 0. The van der Waals surface area contributed by atoms with Crippen molar-refractivity contribution in [1.29, 1.82) is 5.26 Å². The second-order valence-electron chi connectivity index (χ2n) is 6.82. The number of amides is 1. The van der Waals surface area contributed by atoms with Gasteiger partial charge in [0.15, 0.2) is 5.69 Å². The van der Waals surface area contributed by atoms with Crippen LogP contribution in [-0.2, 0) is 30.5 Å². The molecule has 3 heterocycles. The summed E-state index contributed by atoms with van der Waals surface area (Å²) < 4.78 is 40.3. The molecule has 1 aromatic carbocycles. The van der Waals surface area contributed by atoms with Crippen LogP contribution in [0, 0.1) is 11.3 Å². The van der Waals surface area contributed by atoms with Gasteiger partial charge in [0.2, 0.25) is 5.91 Å². The van der Waals surface area contributed by atoms with Gasteiger partial charge in [-0.15, -0.1) is 11.3 Å². The van der Waals surface area contributed by atoms with E-state index in [9.17, 15) is 18.0 Å². The summed E-state index contributed by atoms with van der Waals surface area (Å²) in [6.07, 6.45) is -1.04. The molecule has 32 heavy (non-hydrogen) atoms. The number of rotatable bonds is 3. The van der Waals surface area contributed by atoms with Crippen LogP contribution < -0.4 is 0 Å². The Bertz CT molecular complexity index is 1150. The van der Waals surface area contributed by atoms with E-state index in [2.05, 4.69) is 11.7 Å². The smallest absolute Gasteiger partial charge is 0.334 e. The van der Waals surface area contributed by atoms with E-state index in [-0.39, 0.29) is 18.0 Å². The number of nitriles is 1. The number of carbonyl (C=O) groups is 1. The van der Waals surface area contributed by atoms with E-state index in [1.54, 1.807) is 52.6 Å². The van der Waals surface area contributed by atoms with E-state index >= 15 is 0 Å². The topological polar surface area (TPSA) is 61.9 Å². The highest BCUT2D eigenvalue weighted by molar-refractivity contribution is 7.16. The van der Waals surface area contributed by atoms with Gasteiger partial charge in [0.1, 0.15) is 6.54 Å². The summed E-state index contributed by atoms with van der Waals surface area (Å²) >= 11 is 7.47. The first kappa shape index (κ1) is 23.6. The summed E-state index contributed by atoms with van der Waals surface area (Å²) in [5.74, 6) is 0.000160. The van der Waals surface area contributed by atoms with Gasteiger partial charge in [-0.3, -0.25) is 9.48 Å². The molecule has 0 bridgehead atoms. The van der Waals surface area contributed by atoms with E-state index in [1.165, 1.54) is 22.7 Å². The van der Waals surface area contributed by atoms with Crippen LogP contribution in [0.15, 0.2) is 55.3 Å². The van der Waals surface area contributed by atoms with Gasteiger partial charge in [0, 0.05) is 23.2 Å². The fraction of sp³-hybridized carbons (Fsp3) is 0.227. The zero-order valence-electron chi connectivity index (χ0n) is 16.8. The van der Waals surface area contributed by atoms with Gasteiger partial charge < -0.3 is 4.90 Å². The van der Waals surface area contributed by atoms with Crippen molar-refractivity contribution < 1.29 is 18.0 Å². The van der Waals surface area contributed by atoms with Crippen LogP contribution >= 0.6 is 22.9 Å². The predicted octanol–water partition coefficient (Wildman–Crippen LogP) is 5.56. The number of hydrogen-bond donors (Lipinski definition) is 0. The monoisotopic (exact) mass is 478 g/mol. The van der Waals surface area contributed by atoms with Crippen LogP contribution in [0.4, 0.5) is 13.2 Å². The Labute approximate surface area is 192 Å². The number of benzene rings is 1. The Morgan fingerprint density at radius 3 is 2.69 bits per heavy atom. The van der Waals surface area contributed by atoms with E-state index in [0.717, 1.165) is 22.0 Å². The van der Waals surface area contributed by atoms with E-state index in [0.29, 0.717) is 12.1 Å². The molecule has 0 aliphatic carbocycles. The molecule has 166 valence electrons. The maximum absolute atomic E-state index is 12.8. The Kier molecular flexibility index (Phi) is 7.38. The van der Waals surface area contributed by atoms with Gasteiger partial charge >= 0.3 is 6.18 Å². The number of fused-ring (bicyclic) bond motifs is 1. The molecular weight excluding hydrogens is 461 g/mol. The Morgan fingerprint density at radius 1 is 1.34 bits per heavy atom. The van der Waals surface area contributed by atoms with Crippen molar-refractivity contribution in [2.45, 2.75) is 25.7 Å². The van der Waals surface area contributed by atoms with Crippen LogP contribution in [0.1, 0.15) is 16.1 Å². The van der Waals surface area contributed by atoms with Crippen molar-refractivity contribution in [2.24, 2.45) is 0 Å². The summed E-state index contributed by atoms with van der Waals surface area (Å²) in [6.45, 7) is 4.72. The molecule has 10 heteroatoms. The zero-order chi connectivity index (χ0) is 23.3. The first-order chi connectivity index (χ1) is 15.2. The Balaban J connectivity index is 0.000000186. The average Bonchev–Trinajstić information content (AvgIpc) is 3.36. The normalized spacial score (nSPS) is 12.9. The fourth-order valence-corrected chi connectivity index (χ4v) is 4.57. The molecular formula is C22H18ClF3N4OS. The van der Waals surface area contributed by atoms with Crippen LogP contribution in [0.3, 0.4) is 0 Å². The quantitative estimate of drug-likeness (QED) is 0.463. The highest BCUT2D eigenvalue weighted by Gasteiger charge is 2.37. The minimum Gasteiger partial charge on any atom is -0.334 e. The van der Waals surface area contributed by atoms with E-state index in [1.807, 2.05) is 6.07 Å². The number of nitrogens with zero attached hydrogens (tertiary/aromatic N) is 4. The lowest BCUT2D eigenvalue weighted by Crippen LogP contribution is -2.33. The molecule has 0 N–H and O–H groups in total. The first-order valence-electron chi connectivity index (χ1n) is 9.48. The number of hydrogen-bond acceptors (Lipinski definition) is 4. The Hall–Kier alpha value is -3.09. The molecule has 0 atom stereocenters. The summed E-state index contributed by atoms with van der Waals surface area (Å²) in [4.78, 5) is 14.4. The zero-order valence-corrected chi connectivity index (χ0v) is 18.3. The third-order valence-electron chi connectivity index (χ3n) is 4.69. The molecule has 3 aromatic rings. The van der Waals surface area contributed by atoms with Crippen molar-refractivity contribution in [3.63, 3.8) is 0 Å². The SMILES string of the molecule is C=CC(=O)N1CCc2cc(Cl)sc2C1.N#CCn1cc(-c2ccccc2)c(C(F)(F)F)n1. The Morgan fingerprint density at radius 2 is 2.06 bits per heavy atom. The van der Waals surface area contributed by atoms with Crippen LogP contribution in [-0.4, -0.2) is 27.1 Å². The highest BCUT2D eigenvalue weighted by Crippen LogP contribution is 2.36. The number of aromatic nitrogens is 2. The van der Waals surface area contributed by atoms with Crippen molar-refractivity contribution >= 4 is 28.8 Å². The van der Waals surface area contributed by atoms with Crippen LogP contribution in [0.5, 0.6) is 0 Å². The molecule has 4 rings (SSSR count). The van der Waals surface area contributed by atoms with E-state index < -0.39 is 11.9 Å². The molecule has 0 fully saturated rings. The molecule has 2 aromatic heterocycles. The summed E-state index contributed by atoms with van der Waals surface area (Å²) in [6, 6.07) is 11.9. The van der Waals surface area contributed by atoms with E-state index in [4.69, 9.17) is 16.9 Å². The second-order valence-corrected chi connectivity index (χ2v) is 8.59. The minimum atomic E-state index is -4.54. The van der Waals surface area contributed by atoms with Crippen molar-refractivity contribution in [3.05, 3.63) is 75.7 Å². The summed E-state index contributed by atoms with van der Waals surface area (Å²) in [5.41, 5.74) is 0.726. The lowest BCUT2D eigenvalue weighted by Gasteiger charge is -2.25. The minimum absolute atomic E-state index is 0.000160. The lowest BCUT2D eigenvalue weighted by molar-refractivity contribution is -0.141. The molecule has 0 spiro atoms. The molecule has 5 nitrogen and oxygen atoms in total. The highest BCUT2D eigenvalue weighted by atomic mass is 35.5. The molecule has 0 radical (unpaired) electrons. The third-order valence-corrected chi connectivity index (χ3v) is 5.98. The summed E-state index contributed by atoms with van der Waals surface area (Å²) in [5, 5.41) is 11.9. The van der Waals surface area contributed by atoms with Crippen molar-refractivity contribution in [3.8, 4) is 17.2 Å². The largest absolute Gasteiger partial charge is 0.435 e. The van der Waals surface area contributed by atoms with Gasteiger partial charge in [-0.2, -0.15) is 23.5 Å². The molecule has 1 amide bonds. The van der Waals surface area contributed by atoms with Gasteiger partial charge in [0.05, 0.1) is 17.0 Å². The fourth-order valence-electron chi connectivity index (χ4n) is 3.21. The average molecular weight is 479 g/mol. The molecule has 1 aliphatic heterocycles. The molecule has 0 saturated heterocycles. The molecule has 0 unspecified atom stereocenters. The van der Waals surface area contributed by atoms with Crippen LogP contribution in [0.2, 0.25) is 4.34 Å². The standard InChI is InChI=1S/C12H8F3N3.C10H10ClNOS/c13-12(14,15)11-10(8-18(17-11)7-6-16)9-4-2-1-3-5-9;1-2-10(13)12-4-3-7-5-9(11)14-8(7)6-12/h1-5,8H,7H2;2,5H,1,3-4,6H2. The van der Waals surface area contributed by atoms with Gasteiger partial charge in [-0.05, 0) is 29.7 Å². The number of alkyl halides is 3. The second kappa shape index (κ2) is 10.0. The third kappa shape index (κ3) is 5.58. The molecule has 0 saturated carbocycles. The van der Waals surface area contributed by atoms with Gasteiger partial charge in [-0.25, -0.2) is 0 Å². The predicted molar refractivity (Wildman–Crippen MR) is 117 cm³/mol. The number of carbonyl (C=O) groups excluding carboxylic acids is 1. The first-order valence-corrected chi connectivity index (χ1v) is 10.7. The van der Waals surface area contributed by atoms with Crippen LogP contribution in [0.25, 0.3) is 11.1 Å². The number of halogens is 4. The maximum Gasteiger partial charge on any atom is 0.435 e. The van der Waals surface area contributed by atoms with Gasteiger partial charge in [0.25, 0.3) is 0 Å². The lowest BCUT2D eigenvalue weighted by atomic mass is 10.1.